The van der Waals surface area contributed by atoms with Crippen LogP contribution >= 0.6 is 0 Å². The van der Waals surface area contributed by atoms with Gasteiger partial charge in [-0.25, -0.2) is 0 Å². The van der Waals surface area contributed by atoms with Crippen molar-refractivity contribution in [3.63, 3.8) is 0 Å². The first-order valence-electron chi connectivity index (χ1n) is 10.3. The predicted octanol–water partition coefficient (Wildman–Crippen LogP) is 1.67. The Balaban J connectivity index is 0. The van der Waals surface area contributed by atoms with Crippen molar-refractivity contribution in [1.29, 1.82) is 0 Å². The van der Waals surface area contributed by atoms with E-state index >= 15 is 0 Å². The Kier molecular flexibility index (Phi) is 22.6. The van der Waals surface area contributed by atoms with Crippen LogP contribution in [0.3, 0.4) is 0 Å². The van der Waals surface area contributed by atoms with E-state index in [1.807, 2.05) is 0 Å². The summed E-state index contributed by atoms with van der Waals surface area (Å²) in [5, 5.41) is 11.3. The molecule has 0 saturated heterocycles. The number of nitrogens with zero attached hydrogens (tertiary/aromatic N) is 1. The average Bonchev–Trinajstić information content (AvgIpc) is 2.57. The SMILES string of the molecule is CCCCCCCCCCCCCCC/C=C/C([O-])=NCCS(=O)(=O)O.[Na+]. The van der Waals surface area contributed by atoms with Gasteiger partial charge in [-0.3, -0.25) is 9.55 Å². The van der Waals surface area contributed by atoms with Crippen molar-refractivity contribution in [2.45, 2.75) is 96.8 Å². The summed E-state index contributed by atoms with van der Waals surface area (Å²) in [6, 6.07) is 0. The molecule has 27 heavy (non-hydrogen) atoms. The fourth-order valence-corrected chi connectivity index (χ4v) is 3.11. The van der Waals surface area contributed by atoms with Crippen molar-refractivity contribution >= 4 is 16.0 Å². The van der Waals surface area contributed by atoms with Crippen LogP contribution in [0.2, 0.25) is 0 Å². The van der Waals surface area contributed by atoms with Gasteiger partial charge in [0.2, 0.25) is 0 Å². The molecule has 0 amide bonds. The second-order valence-electron chi connectivity index (χ2n) is 6.94. The molecule has 0 aliphatic heterocycles. The van der Waals surface area contributed by atoms with Crippen LogP contribution in [0, 0.1) is 0 Å². The van der Waals surface area contributed by atoms with E-state index in [1.165, 1.54) is 83.1 Å². The maximum atomic E-state index is 11.3. The Bertz CT molecular complexity index is 478. The van der Waals surface area contributed by atoms with Crippen LogP contribution in [0.5, 0.6) is 0 Å². The molecule has 0 aromatic carbocycles. The van der Waals surface area contributed by atoms with Gasteiger partial charge < -0.3 is 5.11 Å². The molecule has 0 heterocycles. The molecule has 0 aromatic heterocycles. The third-order valence-electron chi connectivity index (χ3n) is 4.35. The van der Waals surface area contributed by atoms with Crippen molar-refractivity contribution in [2.75, 3.05) is 12.3 Å². The van der Waals surface area contributed by atoms with Crippen LogP contribution in [-0.4, -0.2) is 31.2 Å². The van der Waals surface area contributed by atoms with Crippen LogP contribution in [0.4, 0.5) is 0 Å². The molecule has 0 aliphatic carbocycles. The molecule has 0 atom stereocenters. The first-order valence-corrected chi connectivity index (χ1v) is 11.9. The monoisotopic (exact) mass is 411 g/mol. The van der Waals surface area contributed by atoms with Gasteiger partial charge in [0.05, 0.1) is 12.3 Å². The van der Waals surface area contributed by atoms with E-state index in [2.05, 4.69) is 11.9 Å². The van der Waals surface area contributed by atoms with Gasteiger partial charge in [-0.2, -0.15) is 8.42 Å². The number of unbranched alkanes of at least 4 members (excludes halogenated alkanes) is 13. The summed E-state index contributed by atoms with van der Waals surface area (Å²) in [7, 11) is -4.04. The number of rotatable bonds is 18. The minimum Gasteiger partial charge on any atom is -0.859 e. The molecule has 0 bridgehead atoms. The average molecular weight is 412 g/mol. The molecule has 0 saturated carbocycles. The molecule has 154 valence electrons. The normalized spacial score (nSPS) is 12.4. The number of hydrogen-bond acceptors (Lipinski definition) is 4. The summed E-state index contributed by atoms with van der Waals surface area (Å²) in [4.78, 5) is 3.55. The smallest absolute Gasteiger partial charge is 0.859 e. The number of allylic oxidation sites excluding steroid dienone is 1. The minimum atomic E-state index is -4.04. The largest absolute Gasteiger partial charge is 1.00 e. The second-order valence-corrected chi connectivity index (χ2v) is 8.51. The Morgan fingerprint density at radius 2 is 1.33 bits per heavy atom. The van der Waals surface area contributed by atoms with Gasteiger partial charge >= 0.3 is 29.6 Å². The quantitative estimate of drug-likeness (QED) is 0.122. The molecule has 0 aliphatic rings. The van der Waals surface area contributed by atoms with Gasteiger partial charge in [-0.15, -0.1) is 0 Å². The Hall–Kier alpha value is 0.120. The number of hydrogen-bond donors (Lipinski definition) is 1. The standard InChI is InChI=1S/C20H39NO4S.Na/c1-2-3-4-5-6-7-8-9-10-11-12-13-14-15-16-17-20(22)21-18-19-26(23,24)25;/h16-17H,2-15,18-19H2,1H3,(H,21,22)(H,23,24,25);/q;+1/p-1/b17-16+;. The fourth-order valence-electron chi connectivity index (χ4n) is 2.79. The third-order valence-corrected chi connectivity index (χ3v) is 5.05. The van der Waals surface area contributed by atoms with E-state index in [9.17, 15) is 13.5 Å². The molecule has 0 unspecified atom stereocenters. The predicted molar refractivity (Wildman–Crippen MR) is 108 cm³/mol. The summed E-state index contributed by atoms with van der Waals surface area (Å²) in [6.07, 6.45) is 21.1. The maximum absolute atomic E-state index is 11.3. The zero-order chi connectivity index (χ0) is 19.5. The van der Waals surface area contributed by atoms with Gasteiger partial charge in [0.1, 0.15) is 0 Å². The number of aliphatic imine (C=N–C) groups is 1. The molecule has 0 fully saturated rings. The summed E-state index contributed by atoms with van der Waals surface area (Å²) < 4.78 is 29.5. The van der Waals surface area contributed by atoms with Crippen molar-refractivity contribution < 1.29 is 47.6 Å². The molecule has 1 N–H and O–H groups in total. The zero-order valence-corrected chi connectivity index (χ0v) is 20.3. The van der Waals surface area contributed by atoms with Gasteiger partial charge in [0.25, 0.3) is 10.1 Å². The minimum absolute atomic E-state index is 0. The molecule has 7 heteroatoms. The molecule has 0 spiro atoms. The fraction of sp³-hybridized carbons (Fsp3) is 0.850. The van der Waals surface area contributed by atoms with Crippen LogP contribution < -0.4 is 34.7 Å². The van der Waals surface area contributed by atoms with E-state index in [-0.39, 0.29) is 36.1 Å². The molecule has 5 nitrogen and oxygen atoms in total. The Morgan fingerprint density at radius 3 is 1.78 bits per heavy atom. The van der Waals surface area contributed by atoms with Crippen molar-refractivity contribution in [1.82, 2.24) is 0 Å². The van der Waals surface area contributed by atoms with Crippen LogP contribution in [-0.2, 0) is 10.1 Å². The molecule has 0 aromatic rings. The summed E-state index contributed by atoms with van der Waals surface area (Å²) in [5.74, 6) is -0.950. The maximum Gasteiger partial charge on any atom is 1.00 e. The summed E-state index contributed by atoms with van der Waals surface area (Å²) in [5.41, 5.74) is 0. The van der Waals surface area contributed by atoms with E-state index in [0.29, 0.717) is 0 Å². The van der Waals surface area contributed by atoms with E-state index in [4.69, 9.17) is 4.55 Å². The topological polar surface area (TPSA) is 89.8 Å². The molecule has 0 radical (unpaired) electrons. The van der Waals surface area contributed by atoms with Crippen molar-refractivity contribution in [3.05, 3.63) is 12.2 Å². The third kappa shape index (κ3) is 26.1. The zero-order valence-electron chi connectivity index (χ0n) is 17.5. The van der Waals surface area contributed by atoms with Gasteiger partial charge in [0, 0.05) is 0 Å². The van der Waals surface area contributed by atoms with E-state index in [1.54, 1.807) is 6.08 Å². The first-order chi connectivity index (χ1) is 12.5. The van der Waals surface area contributed by atoms with Crippen LogP contribution in [0.1, 0.15) is 96.8 Å². The summed E-state index contributed by atoms with van der Waals surface area (Å²) in [6.45, 7) is 2.06. The second kappa shape index (κ2) is 20.8. The molecule has 0 rings (SSSR count). The Morgan fingerprint density at radius 1 is 0.889 bits per heavy atom. The van der Waals surface area contributed by atoms with Gasteiger partial charge in [-0.1, -0.05) is 96.1 Å². The van der Waals surface area contributed by atoms with Gasteiger partial charge in [0.15, 0.2) is 0 Å². The van der Waals surface area contributed by atoms with E-state index in [0.717, 1.165) is 12.8 Å². The van der Waals surface area contributed by atoms with Crippen molar-refractivity contribution in [2.24, 2.45) is 4.99 Å². The molecular formula is C20H38NNaO4S. The van der Waals surface area contributed by atoms with Crippen LogP contribution in [0.15, 0.2) is 17.1 Å². The van der Waals surface area contributed by atoms with Crippen LogP contribution in [0.25, 0.3) is 0 Å². The van der Waals surface area contributed by atoms with E-state index < -0.39 is 21.8 Å². The Labute approximate surface area is 189 Å². The first kappa shape index (κ1) is 29.3. The molecular weight excluding hydrogens is 373 g/mol. The van der Waals surface area contributed by atoms with Gasteiger partial charge in [-0.05, 0) is 18.7 Å². The summed E-state index contributed by atoms with van der Waals surface area (Å²) >= 11 is 0. The van der Waals surface area contributed by atoms with Crippen molar-refractivity contribution in [3.8, 4) is 0 Å².